The molecule has 1 aliphatic heterocycles. The van der Waals surface area contributed by atoms with E-state index in [1.54, 1.807) is 12.1 Å². The van der Waals surface area contributed by atoms with Gasteiger partial charge in [-0.2, -0.15) is 5.26 Å². The monoisotopic (exact) mass is 401 g/mol. The minimum atomic E-state index is 0.0986. The van der Waals surface area contributed by atoms with Crippen molar-refractivity contribution in [3.05, 3.63) is 71.3 Å². The molecule has 0 aromatic heterocycles. The summed E-state index contributed by atoms with van der Waals surface area (Å²) in [6.45, 7) is 4.12. The maximum atomic E-state index is 13.3. The summed E-state index contributed by atoms with van der Waals surface area (Å²) in [7, 11) is 0. The molecule has 1 heterocycles. The molecule has 0 N–H and O–H groups in total. The molecule has 0 unspecified atom stereocenters. The molecule has 0 spiro atoms. The Balaban J connectivity index is 1.32. The topological polar surface area (TPSA) is 47.3 Å². The molecular weight excluding hydrogens is 370 g/mol. The van der Waals surface area contributed by atoms with Crippen LogP contribution in [0.25, 0.3) is 0 Å². The van der Waals surface area contributed by atoms with Crippen molar-refractivity contribution in [1.29, 1.82) is 5.26 Å². The molecule has 1 aliphatic carbocycles. The molecule has 4 rings (SSSR count). The van der Waals surface area contributed by atoms with Crippen LogP contribution in [-0.4, -0.2) is 47.9 Å². The first-order valence-corrected chi connectivity index (χ1v) is 11.3. The zero-order valence-electron chi connectivity index (χ0n) is 17.7. The van der Waals surface area contributed by atoms with E-state index >= 15 is 0 Å². The molecule has 2 aromatic carbocycles. The maximum Gasteiger partial charge on any atom is 0.254 e. The lowest BCUT2D eigenvalue weighted by Gasteiger charge is -2.39. The minimum absolute atomic E-state index is 0.0986. The minimum Gasteiger partial charge on any atom is -0.335 e. The average Bonchev–Trinajstić information content (AvgIpc) is 3.63. The van der Waals surface area contributed by atoms with Crippen molar-refractivity contribution in [3.63, 3.8) is 0 Å². The first-order chi connectivity index (χ1) is 14.7. The molecule has 4 heteroatoms. The summed E-state index contributed by atoms with van der Waals surface area (Å²) in [5.74, 6) is 0.763. The van der Waals surface area contributed by atoms with Gasteiger partial charge in [-0.25, -0.2) is 0 Å². The number of benzene rings is 2. The predicted molar refractivity (Wildman–Crippen MR) is 119 cm³/mol. The number of carbonyl (C=O) groups excluding carboxylic acids is 1. The van der Waals surface area contributed by atoms with Crippen molar-refractivity contribution < 1.29 is 4.79 Å². The third-order valence-corrected chi connectivity index (χ3v) is 6.43. The Hall–Kier alpha value is -2.64. The van der Waals surface area contributed by atoms with E-state index in [0.717, 1.165) is 45.4 Å². The van der Waals surface area contributed by atoms with Gasteiger partial charge in [0.1, 0.15) is 0 Å². The van der Waals surface area contributed by atoms with Crippen LogP contribution in [-0.2, 0) is 6.42 Å². The number of likely N-dealkylation sites (tertiary alicyclic amines) is 1. The molecule has 4 nitrogen and oxygen atoms in total. The molecule has 2 fully saturated rings. The highest BCUT2D eigenvalue weighted by Crippen LogP contribution is 2.32. The van der Waals surface area contributed by atoms with Crippen molar-refractivity contribution in [2.75, 3.05) is 26.2 Å². The van der Waals surface area contributed by atoms with Crippen molar-refractivity contribution in [1.82, 2.24) is 9.80 Å². The van der Waals surface area contributed by atoms with E-state index in [1.807, 2.05) is 12.1 Å². The van der Waals surface area contributed by atoms with Crippen LogP contribution in [0.5, 0.6) is 0 Å². The van der Waals surface area contributed by atoms with E-state index in [9.17, 15) is 10.1 Å². The van der Waals surface area contributed by atoms with Crippen LogP contribution in [0.3, 0.4) is 0 Å². The summed E-state index contributed by atoms with van der Waals surface area (Å²) in [4.78, 5) is 18.0. The van der Waals surface area contributed by atoms with Gasteiger partial charge < -0.3 is 9.80 Å². The summed E-state index contributed by atoms with van der Waals surface area (Å²) in [6, 6.07) is 20.3. The summed E-state index contributed by atoms with van der Waals surface area (Å²) in [5, 5.41) is 9.18. The SMILES string of the molecule is N#Cc1cccc(C(=O)N(CC2CC2)C2CCN(CCCc3ccccc3)CC2)c1. The highest BCUT2D eigenvalue weighted by molar-refractivity contribution is 5.94. The number of carbonyl (C=O) groups is 1. The van der Waals surface area contributed by atoms with E-state index < -0.39 is 0 Å². The first kappa shape index (κ1) is 20.6. The van der Waals surface area contributed by atoms with E-state index in [-0.39, 0.29) is 5.91 Å². The highest BCUT2D eigenvalue weighted by atomic mass is 16.2. The van der Waals surface area contributed by atoms with E-state index in [1.165, 1.54) is 24.8 Å². The lowest BCUT2D eigenvalue weighted by molar-refractivity contribution is 0.0558. The van der Waals surface area contributed by atoms with Gasteiger partial charge in [0.2, 0.25) is 0 Å². The summed E-state index contributed by atoms with van der Waals surface area (Å²) >= 11 is 0. The van der Waals surface area contributed by atoms with E-state index in [0.29, 0.717) is 23.1 Å². The Morgan fingerprint density at radius 3 is 2.50 bits per heavy atom. The molecule has 0 bridgehead atoms. The van der Waals surface area contributed by atoms with Crippen LogP contribution in [0.2, 0.25) is 0 Å². The smallest absolute Gasteiger partial charge is 0.254 e. The quantitative estimate of drug-likeness (QED) is 0.654. The van der Waals surface area contributed by atoms with Crippen LogP contribution < -0.4 is 0 Å². The third kappa shape index (κ3) is 5.49. The number of piperidine rings is 1. The van der Waals surface area contributed by atoms with Crippen LogP contribution in [0.15, 0.2) is 54.6 Å². The van der Waals surface area contributed by atoms with Gasteiger partial charge in [-0.05, 0) is 74.8 Å². The molecule has 156 valence electrons. The van der Waals surface area contributed by atoms with Crippen LogP contribution in [0, 0.1) is 17.2 Å². The van der Waals surface area contributed by atoms with Crippen molar-refractivity contribution in [2.45, 2.75) is 44.6 Å². The number of rotatable bonds is 8. The Bertz CT molecular complexity index is 877. The average molecular weight is 402 g/mol. The van der Waals surface area contributed by atoms with Gasteiger partial charge in [0.05, 0.1) is 11.6 Å². The lowest BCUT2D eigenvalue weighted by Crippen LogP contribution is -2.48. The largest absolute Gasteiger partial charge is 0.335 e. The van der Waals surface area contributed by atoms with Gasteiger partial charge in [-0.15, -0.1) is 0 Å². The second-order valence-electron chi connectivity index (χ2n) is 8.76. The number of nitrogens with zero attached hydrogens (tertiary/aromatic N) is 3. The van der Waals surface area contributed by atoms with E-state index in [4.69, 9.17) is 0 Å². The second-order valence-corrected chi connectivity index (χ2v) is 8.76. The molecule has 1 saturated heterocycles. The zero-order chi connectivity index (χ0) is 20.8. The fraction of sp³-hybridized carbons (Fsp3) is 0.462. The number of hydrogen-bond donors (Lipinski definition) is 0. The van der Waals surface area contributed by atoms with Crippen molar-refractivity contribution in [3.8, 4) is 6.07 Å². The number of amides is 1. The Kier molecular flexibility index (Phi) is 6.81. The van der Waals surface area contributed by atoms with Gasteiger partial charge in [-0.1, -0.05) is 36.4 Å². The van der Waals surface area contributed by atoms with Gasteiger partial charge >= 0.3 is 0 Å². The summed E-state index contributed by atoms with van der Waals surface area (Å²) < 4.78 is 0. The Morgan fingerprint density at radius 2 is 1.80 bits per heavy atom. The second kappa shape index (κ2) is 9.91. The molecule has 0 radical (unpaired) electrons. The van der Waals surface area contributed by atoms with Gasteiger partial charge in [0.15, 0.2) is 0 Å². The molecule has 0 atom stereocenters. The molecule has 1 saturated carbocycles. The highest BCUT2D eigenvalue weighted by Gasteiger charge is 2.33. The van der Waals surface area contributed by atoms with Crippen molar-refractivity contribution in [2.24, 2.45) is 5.92 Å². The van der Waals surface area contributed by atoms with Crippen molar-refractivity contribution >= 4 is 5.91 Å². The fourth-order valence-corrected chi connectivity index (χ4v) is 4.47. The molecular formula is C26H31N3O. The molecule has 2 aliphatic rings. The Morgan fingerprint density at radius 1 is 1.03 bits per heavy atom. The number of hydrogen-bond acceptors (Lipinski definition) is 3. The number of nitriles is 1. The Labute approximate surface area is 180 Å². The predicted octanol–water partition coefficient (Wildman–Crippen LogP) is 4.51. The van der Waals surface area contributed by atoms with Crippen LogP contribution in [0.1, 0.15) is 53.6 Å². The van der Waals surface area contributed by atoms with Gasteiger partial charge in [-0.3, -0.25) is 4.79 Å². The normalized spacial score (nSPS) is 17.4. The molecule has 2 aromatic rings. The van der Waals surface area contributed by atoms with Crippen LogP contribution in [0.4, 0.5) is 0 Å². The summed E-state index contributed by atoms with van der Waals surface area (Å²) in [5.41, 5.74) is 2.62. The summed E-state index contributed by atoms with van der Waals surface area (Å²) in [6.07, 6.45) is 6.87. The fourth-order valence-electron chi connectivity index (χ4n) is 4.47. The maximum absolute atomic E-state index is 13.3. The first-order valence-electron chi connectivity index (χ1n) is 11.3. The molecule has 1 amide bonds. The molecule has 30 heavy (non-hydrogen) atoms. The lowest BCUT2D eigenvalue weighted by atomic mass is 10.00. The third-order valence-electron chi connectivity index (χ3n) is 6.43. The van der Waals surface area contributed by atoms with Gasteiger partial charge in [0, 0.05) is 31.2 Å². The van der Waals surface area contributed by atoms with Crippen LogP contribution >= 0.6 is 0 Å². The number of aryl methyl sites for hydroxylation is 1. The van der Waals surface area contributed by atoms with Gasteiger partial charge in [0.25, 0.3) is 5.91 Å². The standard InChI is InChI=1S/C26H31N3O/c27-19-23-8-4-10-24(18-23)26(30)29(20-22-11-12-22)25-13-16-28(17-14-25)15-5-9-21-6-2-1-3-7-21/h1-4,6-8,10,18,22,25H,5,9,11-17,20H2. The van der Waals surface area contributed by atoms with E-state index in [2.05, 4.69) is 46.2 Å². The zero-order valence-corrected chi connectivity index (χ0v) is 17.7.